The summed E-state index contributed by atoms with van der Waals surface area (Å²) in [4.78, 5) is 21.0. The average Bonchev–Trinajstić information content (AvgIpc) is 2.90. The first-order chi connectivity index (χ1) is 11.0. The van der Waals surface area contributed by atoms with Crippen molar-refractivity contribution < 1.29 is 14.4 Å². The Morgan fingerprint density at radius 3 is 2.87 bits per heavy atom. The normalized spacial score (nSPS) is 11.1. The molecule has 1 amide bonds. The molecule has 0 unspecified atom stereocenters. The molecule has 0 aromatic carbocycles. The summed E-state index contributed by atoms with van der Waals surface area (Å²) in [5, 5.41) is 16.8. The number of nitrogens with zero attached hydrogens (tertiary/aromatic N) is 3. The molecule has 0 saturated carbocycles. The lowest BCUT2D eigenvalue weighted by molar-refractivity contribution is 0.102. The van der Waals surface area contributed by atoms with Gasteiger partial charge < -0.3 is 14.9 Å². The monoisotopic (exact) mass is 312 g/mol. The number of carbonyl (C=O) groups is 1. The number of pyridine rings is 2. The second-order valence-corrected chi connectivity index (χ2v) is 5.52. The van der Waals surface area contributed by atoms with Gasteiger partial charge in [-0.05, 0) is 31.0 Å². The van der Waals surface area contributed by atoms with Gasteiger partial charge >= 0.3 is 0 Å². The van der Waals surface area contributed by atoms with Gasteiger partial charge in [-0.2, -0.15) is 0 Å². The van der Waals surface area contributed by atoms with Gasteiger partial charge in [0.2, 0.25) is 0 Å². The van der Waals surface area contributed by atoms with Crippen molar-refractivity contribution in [1.82, 2.24) is 15.1 Å². The molecule has 3 aromatic rings. The van der Waals surface area contributed by atoms with E-state index in [0.29, 0.717) is 22.4 Å². The lowest BCUT2D eigenvalue weighted by atomic mass is 10.0. The summed E-state index contributed by atoms with van der Waals surface area (Å²) >= 11 is 0. The van der Waals surface area contributed by atoms with Gasteiger partial charge in [-0.25, -0.2) is 9.97 Å². The molecule has 2 N–H and O–H groups in total. The summed E-state index contributed by atoms with van der Waals surface area (Å²) in [6.07, 6.45) is 1.49. The molecule has 0 saturated heterocycles. The van der Waals surface area contributed by atoms with Crippen molar-refractivity contribution in [2.75, 3.05) is 5.32 Å². The van der Waals surface area contributed by atoms with Crippen LogP contribution in [-0.4, -0.2) is 26.1 Å². The Morgan fingerprint density at radius 1 is 1.39 bits per heavy atom. The Hall–Kier alpha value is -2.96. The summed E-state index contributed by atoms with van der Waals surface area (Å²) in [7, 11) is 0. The topological polar surface area (TPSA) is 101 Å². The predicted molar refractivity (Wildman–Crippen MR) is 84.5 cm³/mol. The molecule has 3 aromatic heterocycles. The highest BCUT2D eigenvalue weighted by atomic mass is 16.5. The van der Waals surface area contributed by atoms with Crippen LogP contribution in [0.5, 0.6) is 5.75 Å². The molecule has 118 valence electrons. The van der Waals surface area contributed by atoms with E-state index in [9.17, 15) is 9.90 Å². The summed E-state index contributed by atoms with van der Waals surface area (Å²) < 4.78 is 5.20. The van der Waals surface area contributed by atoms with Crippen molar-refractivity contribution in [2.45, 2.75) is 26.7 Å². The van der Waals surface area contributed by atoms with E-state index in [4.69, 9.17) is 4.52 Å². The number of nitrogens with one attached hydrogen (secondary N) is 1. The summed E-state index contributed by atoms with van der Waals surface area (Å²) in [6, 6.07) is 4.75. The maximum Gasteiger partial charge on any atom is 0.259 e. The molecular formula is C16H16N4O3. The Labute approximate surface area is 132 Å². The molecule has 0 aliphatic rings. The largest absolute Gasteiger partial charge is 0.504 e. The van der Waals surface area contributed by atoms with Crippen LogP contribution in [0.1, 0.15) is 41.5 Å². The van der Waals surface area contributed by atoms with Crippen molar-refractivity contribution in [2.24, 2.45) is 0 Å². The summed E-state index contributed by atoms with van der Waals surface area (Å²) in [5.41, 5.74) is 2.02. The fraction of sp³-hybridized carbons (Fsp3) is 0.250. The van der Waals surface area contributed by atoms with Crippen LogP contribution in [0.2, 0.25) is 0 Å². The van der Waals surface area contributed by atoms with Gasteiger partial charge in [0.05, 0.1) is 16.6 Å². The van der Waals surface area contributed by atoms with Gasteiger partial charge in [-0.15, -0.1) is 0 Å². The summed E-state index contributed by atoms with van der Waals surface area (Å²) in [6.45, 7) is 5.70. The smallest absolute Gasteiger partial charge is 0.259 e. The summed E-state index contributed by atoms with van der Waals surface area (Å²) in [5.74, 6) is -0.279. The quantitative estimate of drug-likeness (QED) is 0.771. The van der Waals surface area contributed by atoms with Crippen molar-refractivity contribution >= 4 is 22.8 Å². The highest BCUT2D eigenvalue weighted by Gasteiger charge is 2.20. The van der Waals surface area contributed by atoms with Crippen molar-refractivity contribution in [3.05, 3.63) is 41.3 Å². The number of aryl methyl sites for hydroxylation is 1. The van der Waals surface area contributed by atoms with E-state index in [-0.39, 0.29) is 17.5 Å². The van der Waals surface area contributed by atoms with Crippen LogP contribution >= 0.6 is 0 Å². The molecule has 0 fully saturated rings. The first kappa shape index (κ1) is 15.0. The molecule has 23 heavy (non-hydrogen) atoms. The number of carbonyl (C=O) groups excluding carboxylic acids is 1. The predicted octanol–water partition coefficient (Wildman–Crippen LogP) is 3.01. The maximum atomic E-state index is 12.6. The number of hydrogen-bond donors (Lipinski definition) is 2. The van der Waals surface area contributed by atoms with E-state index in [0.717, 1.165) is 5.69 Å². The average molecular weight is 312 g/mol. The number of fused-ring (bicyclic) bond motifs is 1. The Morgan fingerprint density at radius 2 is 2.17 bits per heavy atom. The minimum absolute atomic E-state index is 0.0997. The minimum atomic E-state index is -0.403. The van der Waals surface area contributed by atoms with Gasteiger partial charge in [0.25, 0.3) is 11.6 Å². The van der Waals surface area contributed by atoms with E-state index in [1.54, 1.807) is 19.1 Å². The van der Waals surface area contributed by atoms with E-state index < -0.39 is 5.91 Å². The molecule has 0 bridgehead atoms. The third kappa shape index (κ3) is 2.73. The highest BCUT2D eigenvalue weighted by Crippen LogP contribution is 2.26. The Kier molecular flexibility index (Phi) is 3.69. The van der Waals surface area contributed by atoms with Crippen molar-refractivity contribution in [1.29, 1.82) is 0 Å². The highest BCUT2D eigenvalue weighted by molar-refractivity contribution is 6.12. The number of hydrogen-bond acceptors (Lipinski definition) is 6. The number of rotatable bonds is 3. The molecule has 3 heterocycles. The van der Waals surface area contributed by atoms with Gasteiger partial charge in [-0.1, -0.05) is 19.0 Å². The minimum Gasteiger partial charge on any atom is -0.504 e. The van der Waals surface area contributed by atoms with Gasteiger partial charge in [0.15, 0.2) is 11.6 Å². The van der Waals surface area contributed by atoms with Crippen LogP contribution in [0.3, 0.4) is 0 Å². The zero-order valence-electron chi connectivity index (χ0n) is 13.0. The molecule has 7 nitrogen and oxygen atoms in total. The lowest BCUT2D eigenvalue weighted by Crippen LogP contribution is -2.14. The lowest BCUT2D eigenvalue weighted by Gasteiger charge is -2.09. The molecule has 0 spiro atoms. The van der Waals surface area contributed by atoms with Crippen molar-refractivity contribution in [3.63, 3.8) is 0 Å². The zero-order valence-corrected chi connectivity index (χ0v) is 13.0. The fourth-order valence-corrected chi connectivity index (χ4v) is 2.26. The van der Waals surface area contributed by atoms with Crippen LogP contribution in [0.4, 0.5) is 5.82 Å². The zero-order chi connectivity index (χ0) is 16.6. The van der Waals surface area contributed by atoms with E-state index in [1.807, 2.05) is 13.8 Å². The van der Waals surface area contributed by atoms with Crippen LogP contribution < -0.4 is 5.32 Å². The molecule has 0 radical (unpaired) electrons. The van der Waals surface area contributed by atoms with Crippen molar-refractivity contribution in [3.8, 4) is 5.75 Å². The molecular weight excluding hydrogens is 296 g/mol. The van der Waals surface area contributed by atoms with Crippen LogP contribution in [0, 0.1) is 6.92 Å². The molecule has 0 aliphatic heterocycles. The first-order valence-corrected chi connectivity index (χ1v) is 7.19. The molecule has 7 heteroatoms. The maximum absolute atomic E-state index is 12.6. The number of aromatic nitrogens is 3. The SMILES string of the molecule is Cc1noc2nc(C(C)C)cc(C(=O)Nc3ncccc3O)c12. The number of anilines is 1. The van der Waals surface area contributed by atoms with Gasteiger partial charge in [-0.3, -0.25) is 4.79 Å². The fourth-order valence-electron chi connectivity index (χ4n) is 2.26. The first-order valence-electron chi connectivity index (χ1n) is 7.19. The van der Waals surface area contributed by atoms with Crippen LogP contribution in [-0.2, 0) is 0 Å². The molecule has 3 rings (SSSR count). The molecule has 0 aliphatic carbocycles. The Bertz CT molecular complexity index is 886. The van der Waals surface area contributed by atoms with E-state index >= 15 is 0 Å². The second kappa shape index (κ2) is 5.68. The number of amides is 1. The van der Waals surface area contributed by atoms with Crippen LogP contribution in [0.15, 0.2) is 28.9 Å². The van der Waals surface area contributed by atoms with E-state index in [1.165, 1.54) is 12.3 Å². The second-order valence-electron chi connectivity index (χ2n) is 5.52. The van der Waals surface area contributed by atoms with E-state index in [2.05, 4.69) is 20.4 Å². The van der Waals surface area contributed by atoms with Crippen LogP contribution in [0.25, 0.3) is 11.1 Å². The third-order valence-electron chi connectivity index (χ3n) is 3.49. The van der Waals surface area contributed by atoms with Gasteiger partial charge in [0, 0.05) is 11.9 Å². The third-order valence-corrected chi connectivity index (χ3v) is 3.49. The van der Waals surface area contributed by atoms with Gasteiger partial charge in [0.1, 0.15) is 0 Å². The standard InChI is InChI=1S/C16H16N4O3/c1-8(2)11-7-10(13-9(3)20-23-16(13)18-11)15(22)19-14-12(21)5-4-6-17-14/h4-8,21H,1-3H3,(H,17,19,22). The molecule has 0 atom stereocenters. The number of aromatic hydroxyl groups is 1. The Balaban J connectivity index is 2.09.